The van der Waals surface area contributed by atoms with Crippen molar-refractivity contribution in [3.05, 3.63) is 59.7 Å². The van der Waals surface area contributed by atoms with Gasteiger partial charge in [-0.15, -0.1) is 0 Å². The lowest BCUT2D eigenvalue weighted by atomic mass is 9.54. The summed E-state index contributed by atoms with van der Waals surface area (Å²) < 4.78 is 23.1. The first-order valence-electron chi connectivity index (χ1n) is 23.8. The van der Waals surface area contributed by atoms with Crippen molar-refractivity contribution < 1.29 is 66.9 Å². The van der Waals surface area contributed by atoms with Gasteiger partial charge in [0.1, 0.15) is 12.3 Å². The second kappa shape index (κ2) is 17.8. The van der Waals surface area contributed by atoms with E-state index >= 15 is 19.2 Å². The number of carbonyl (C=O) groups is 10. The topological polar surface area (TPSA) is 245 Å². The van der Waals surface area contributed by atoms with E-state index in [-0.39, 0.29) is 0 Å². The molecule has 4 amide bonds. The summed E-state index contributed by atoms with van der Waals surface area (Å²) in [4.78, 5) is 146. The number of rotatable bonds is 13. The van der Waals surface area contributed by atoms with E-state index in [1.54, 1.807) is 76.2 Å². The summed E-state index contributed by atoms with van der Waals surface area (Å²) in [6, 6.07) is 14.1. The van der Waals surface area contributed by atoms with Gasteiger partial charge in [0.2, 0.25) is 0 Å². The molecule has 6 aliphatic rings. The van der Waals surface area contributed by atoms with Gasteiger partial charge in [-0.3, -0.25) is 67.5 Å². The van der Waals surface area contributed by atoms with Crippen molar-refractivity contribution in [2.45, 2.75) is 126 Å². The zero-order valence-electron chi connectivity index (χ0n) is 42.2. The van der Waals surface area contributed by atoms with E-state index in [1.165, 1.54) is 51.6 Å². The van der Waals surface area contributed by atoms with Crippen LogP contribution < -0.4 is 10.6 Å². The second-order valence-electron chi connectivity index (χ2n) is 20.6. The molecule has 20 nitrogen and oxygen atoms in total. The van der Waals surface area contributed by atoms with E-state index in [0.717, 1.165) is 23.6 Å². The molecule has 0 aliphatic carbocycles. The SMILES string of the molecule is CC(=O)OC[C@@]1(OC(=O)C(C)C)C(=O)N2[C@H]3Nc4ccccc4[C@@]3([C@]34C[C@]5(SC(=O)C(C)C)C(=O)N(C)[C@](COC(C)=O)(OC(=O)C(C)C)C(=O)N5[C@H]3Nc3ccccc34)C[C@]2(SC(=O)C(C)C)C(=O)N1C. The molecule has 0 saturated carbocycles. The van der Waals surface area contributed by atoms with E-state index < -0.39 is 152 Å². The van der Waals surface area contributed by atoms with Gasteiger partial charge in [-0.2, -0.15) is 0 Å². The predicted molar refractivity (Wildman–Crippen MR) is 260 cm³/mol. The number of esters is 4. The zero-order valence-corrected chi connectivity index (χ0v) is 43.9. The first-order valence-corrected chi connectivity index (χ1v) is 25.4. The summed E-state index contributed by atoms with van der Waals surface area (Å²) in [5.41, 5.74) is -6.76. The lowest BCUT2D eigenvalue weighted by Crippen LogP contribution is -2.77. The van der Waals surface area contributed by atoms with Gasteiger partial charge >= 0.3 is 35.3 Å². The summed E-state index contributed by atoms with van der Waals surface area (Å²) >= 11 is 1.24. The van der Waals surface area contributed by atoms with Crippen molar-refractivity contribution in [3.63, 3.8) is 0 Å². The molecule has 4 saturated heterocycles. The lowest BCUT2D eigenvalue weighted by Gasteiger charge is -2.53. The van der Waals surface area contributed by atoms with E-state index in [4.69, 9.17) is 18.9 Å². The van der Waals surface area contributed by atoms with Gasteiger partial charge in [-0.05, 0) is 46.8 Å². The highest BCUT2D eigenvalue weighted by Crippen LogP contribution is 2.75. The Morgan fingerprint density at radius 2 is 0.889 bits per heavy atom. The smallest absolute Gasteiger partial charge is 0.311 e. The minimum atomic E-state index is -2.62. The average molecular weight is 1030 g/mol. The number of carbonyl (C=O) groups excluding carboxylic acids is 10. The van der Waals surface area contributed by atoms with Crippen LogP contribution in [0.5, 0.6) is 0 Å². The first kappa shape index (κ1) is 52.2. The fraction of sp³-hybridized carbons (Fsp3) is 0.560. The summed E-state index contributed by atoms with van der Waals surface area (Å²) in [7, 11) is 2.47. The summed E-state index contributed by atoms with van der Waals surface area (Å²) in [5, 5.41) is 6.08. The van der Waals surface area contributed by atoms with E-state index in [1.807, 2.05) is 0 Å². The number of amides is 4. The Morgan fingerprint density at radius 3 is 1.19 bits per heavy atom. The van der Waals surface area contributed by atoms with Gasteiger partial charge in [0.25, 0.3) is 23.6 Å². The number of thioether (sulfide) groups is 2. The van der Waals surface area contributed by atoms with Crippen LogP contribution in [0.2, 0.25) is 0 Å². The van der Waals surface area contributed by atoms with Crippen LogP contribution in [0.3, 0.4) is 0 Å². The summed E-state index contributed by atoms with van der Waals surface area (Å²) in [6.45, 7) is 13.0. The molecule has 0 radical (unpaired) electrons. The number of fused-ring (bicyclic) bond motifs is 11. The van der Waals surface area contributed by atoms with Gasteiger partial charge < -0.3 is 29.6 Å². The van der Waals surface area contributed by atoms with Gasteiger partial charge in [0.05, 0.1) is 22.7 Å². The molecule has 6 aliphatic heterocycles. The van der Waals surface area contributed by atoms with Gasteiger partial charge in [-0.25, -0.2) is 0 Å². The van der Waals surface area contributed by atoms with Gasteiger partial charge in [0, 0.05) is 64.0 Å². The van der Waals surface area contributed by atoms with E-state index in [2.05, 4.69) is 10.6 Å². The van der Waals surface area contributed by atoms with Crippen molar-refractivity contribution >= 4 is 92.6 Å². The molecule has 72 heavy (non-hydrogen) atoms. The Balaban J connectivity index is 1.49. The van der Waals surface area contributed by atoms with Gasteiger partial charge in [-0.1, -0.05) is 91.8 Å². The maximum absolute atomic E-state index is 16.3. The third kappa shape index (κ3) is 7.07. The quantitative estimate of drug-likeness (QED) is 0.213. The van der Waals surface area contributed by atoms with Crippen LogP contribution in [-0.4, -0.2) is 138 Å². The number of hydrogen-bond donors (Lipinski definition) is 2. The monoisotopic (exact) mass is 1030 g/mol. The molecular formula is C50H60N6O14S2. The molecule has 8 rings (SSSR count). The number of nitrogens with zero attached hydrogens (tertiary/aromatic N) is 4. The Kier molecular flexibility index (Phi) is 12.9. The number of nitrogens with one attached hydrogen (secondary N) is 2. The molecule has 22 heteroatoms. The van der Waals surface area contributed by atoms with Crippen LogP contribution >= 0.6 is 23.5 Å². The molecule has 0 aromatic heterocycles. The molecule has 0 unspecified atom stereocenters. The Hall–Kier alpha value is -6.16. The van der Waals surface area contributed by atoms with Crippen LogP contribution in [0, 0.1) is 23.7 Å². The third-order valence-electron chi connectivity index (χ3n) is 14.8. The van der Waals surface area contributed by atoms with Crippen LogP contribution in [-0.2, 0) is 77.7 Å². The molecule has 0 bridgehead atoms. The normalized spacial score (nSPS) is 30.9. The highest BCUT2D eigenvalue weighted by Gasteiger charge is 2.87. The summed E-state index contributed by atoms with van der Waals surface area (Å²) in [5.74, 6) is -10.4. The maximum atomic E-state index is 16.3. The molecule has 4 fully saturated rings. The molecule has 2 N–H and O–H groups in total. The molecule has 6 heterocycles. The van der Waals surface area contributed by atoms with Crippen molar-refractivity contribution in [2.75, 3.05) is 37.9 Å². The van der Waals surface area contributed by atoms with Crippen LogP contribution in [0.4, 0.5) is 11.4 Å². The van der Waals surface area contributed by atoms with Crippen LogP contribution in [0.15, 0.2) is 48.5 Å². The van der Waals surface area contributed by atoms with Crippen molar-refractivity contribution in [1.29, 1.82) is 0 Å². The Morgan fingerprint density at radius 1 is 0.556 bits per heavy atom. The number of hydrogen-bond acceptors (Lipinski definition) is 18. The fourth-order valence-electron chi connectivity index (χ4n) is 11.2. The number of anilines is 2. The van der Waals surface area contributed by atoms with Gasteiger partial charge in [0.15, 0.2) is 33.2 Å². The van der Waals surface area contributed by atoms with Crippen molar-refractivity contribution in [2.24, 2.45) is 23.7 Å². The molecule has 386 valence electrons. The van der Waals surface area contributed by atoms with E-state index in [9.17, 15) is 28.8 Å². The highest BCUT2D eigenvalue weighted by molar-refractivity contribution is 8.15. The number of ether oxygens (including phenoxy) is 4. The zero-order chi connectivity index (χ0) is 53.0. The first-order chi connectivity index (χ1) is 33.7. The lowest BCUT2D eigenvalue weighted by molar-refractivity contribution is -0.223. The van der Waals surface area contributed by atoms with E-state index in [0.29, 0.717) is 46.0 Å². The second-order valence-corrected chi connectivity index (χ2v) is 23.1. The van der Waals surface area contributed by atoms with Crippen LogP contribution in [0.25, 0.3) is 0 Å². The average Bonchev–Trinajstić information content (AvgIpc) is 4.00. The minimum absolute atomic E-state index is 0.396. The molecule has 2 aromatic carbocycles. The third-order valence-corrected chi connectivity index (χ3v) is 17.9. The Bertz CT molecular complexity index is 2550. The number of benzene rings is 2. The maximum Gasteiger partial charge on any atom is 0.311 e. The van der Waals surface area contributed by atoms with Crippen molar-refractivity contribution in [1.82, 2.24) is 19.6 Å². The highest BCUT2D eigenvalue weighted by atomic mass is 32.2. The Labute approximate surface area is 425 Å². The molecule has 8 atom stereocenters. The van der Waals surface area contributed by atoms with Crippen molar-refractivity contribution in [3.8, 4) is 0 Å². The number of piperazine rings is 2. The fourth-order valence-corrected chi connectivity index (χ4v) is 14.0. The number of para-hydroxylation sites is 2. The molecule has 2 aromatic rings. The summed E-state index contributed by atoms with van der Waals surface area (Å²) in [6.07, 6.45) is -3.61. The number of likely N-dealkylation sites (N-methyl/N-ethyl adjacent to an activating group) is 2. The largest absolute Gasteiger partial charge is 0.459 e. The standard InChI is InChI=1S/C50H60N6O14S2/c1-25(2)35(59)69-47(23-67-29(9)57)41(63)55-39-45(31-17-13-15-19-33(31)51-39,21-49(55,43(65)53(47)11)71-37(61)27(5)6)46-22-50(72-38(62)28(7)8)44(66)54(12)48(24-68-30(10)58,70-36(60)26(3)4)42(64)56(50)40(46)52-34-20-16-14-18-32(34)46/h13-20,25-28,39-40,51-52H,21-24H2,1-12H3/t39-,40-,45+,46+,47-,48-,49+,50+/m1/s1. The molecule has 0 spiro atoms. The van der Waals surface area contributed by atoms with Crippen LogP contribution in [0.1, 0.15) is 93.2 Å². The minimum Gasteiger partial charge on any atom is -0.459 e. The molecular weight excluding hydrogens is 973 g/mol. The predicted octanol–water partition coefficient (Wildman–Crippen LogP) is 3.92.